The van der Waals surface area contributed by atoms with Crippen molar-refractivity contribution >= 4 is 49.4 Å². The third-order valence-corrected chi connectivity index (χ3v) is 6.05. The van der Waals surface area contributed by atoms with E-state index in [-0.39, 0.29) is 20.6 Å². The largest absolute Gasteiger partial charge is 0.858 e. The summed E-state index contributed by atoms with van der Waals surface area (Å²) in [5.41, 5.74) is 1.76. The van der Waals surface area contributed by atoms with Crippen LogP contribution in [0.25, 0.3) is 0 Å². The third-order valence-electron chi connectivity index (χ3n) is 2.71. The van der Waals surface area contributed by atoms with E-state index in [1.807, 2.05) is 0 Å². The molecule has 0 atom stereocenters. The molecule has 1 N–H and O–H groups in total. The summed E-state index contributed by atoms with van der Waals surface area (Å²) in [4.78, 5) is 3.82. The Balaban J connectivity index is 1.96. The lowest BCUT2D eigenvalue weighted by molar-refractivity contribution is -0.212. The number of sulfonamides is 1. The molecule has 0 aliphatic heterocycles. The van der Waals surface area contributed by atoms with Gasteiger partial charge in [-0.2, -0.15) is 0 Å². The minimum absolute atomic E-state index is 0.142. The summed E-state index contributed by atoms with van der Waals surface area (Å²) in [6.45, 7) is 0. The molecule has 7 nitrogen and oxygen atoms in total. The summed E-state index contributed by atoms with van der Waals surface area (Å²) in [5, 5.41) is 21.4. The predicted molar refractivity (Wildman–Crippen MR) is 87.7 cm³/mol. The van der Waals surface area contributed by atoms with E-state index in [2.05, 4.69) is 19.9 Å². The summed E-state index contributed by atoms with van der Waals surface area (Å²) in [7, 11) is -3.74. The molecule has 0 amide bonds. The van der Waals surface area contributed by atoms with Gasteiger partial charge in [0.15, 0.2) is 0 Å². The van der Waals surface area contributed by atoms with Gasteiger partial charge in [-0.3, -0.25) is 4.72 Å². The Bertz CT molecular complexity index is 919. The minimum Gasteiger partial charge on any atom is -0.858 e. The van der Waals surface area contributed by atoms with Gasteiger partial charge in [-0.1, -0.05) is 35.6 Å². The van der Waals surface area contributed by atoms with E-state index in [0.717, 1.165) is 22.7 Å². The Kier molecular flexibility index (Phi) is 4.37. The van der Waals surface area contributed by atoms with Crippen molar-refractivity contribution in [3.63, 3.8) is 0 Å². The molecule has 2 aromatic heterocycles. The van der Waals surface area contributed by atoms with Crippen LogP contribution in [0.4, 0.5) is 10.8 Å². The fourth-order valence-electron chi connectivity index (χ4n) is 1.73. The Hall–Kier alpha value is -2.30. The Morgan fingerprint density at radius 3 is 2.70 bits per heavy atom. The van der Waals surface area contributed by atoms with E-state index in [9.17, 15) is 13.5 Å². The molecule has 0 aliphatic rings. The number of hydrogen-bond donors (Lipinski definition) is 1. The Morgan fingerprint density at radius 1 is 1.17 bits per heavy atom. The van der Waals surface area contributed by atoms with Crippen LogP contribution in [0.1, 0.15) is 5.56 Å². The first-order valence-corrected chi connectivity index (χ1v) is 9.48. The lowest BCUT2D eigenvalue weighted by Gasteiger charge is -2.16. The van der Waals surface area contributed by atoms with Crippen LogP contribution in [0.3, 0.4) is 0 Å². The van der Waals surface area contributed by atoms with Gasteiger partial charge in [0.2, 0.25) is 5.13 Å². The third kappa shape index (κ3) is 3.55. The van der Waals surface area contributed by atoms with Crippen LogP contribution in [0.5, 0.6) is 0 Å². The van der Waals surface area contributed by atoms with Crippen molar-refractivity contribution in [3.05, 3.63) is 52.9 Å². The second kappa shape index (κ2) is 6.44. The number of aromatic nitrogens is 2. The number of nitrogens with one attached hydrogen (secondary N) is 1. The topological polar surface area (TPSA) is 107 Å². The predicted octanol–water partition coefficient (Wildman–Crippen LogP) is 1.84. The fraction of sp³-hybridized carbons (Fsp3) is 0. The molecule has 0 radical (unpaired) electrons. The molecule has 0 saturated carbocycles. The molecular formula is C13H9N4O3S3-. The quantitative estimate of drug-likeness (QED) is 0.548. The smallest absolute Gasteiger partial charge is 0.271 e. The lowest BCUT2D eigenvalue weighted by atomic mass is 10.2. The van der Waals surface area contributed by atoms with Crippen molar-refractivity contribution < 1.29 is 13.5 Å². The summed E-state index contributed by atoms with van der Waals surface area (Å²) in [6.07, 6.45) is 0. The van der Waals surface area contributed by atoms with E-state index in [0.29, 0.717) is 0 Å². The first-order valence-electron chi connectivity index (χ1n) is 6.24. The molecule has 118 valence electrons. The standard InChI is InChI=1S/C13H10N4O3S3/c18-12(15-13-16-14-8-22-13)9-4-1-2-5-10(9)17-23(19,20)11-6-3-7-21-11/h1-8,17H,(H,15,16,18)/p-1. The molecule has 0 unspecified atom stereocenters. The molecule has 0 saturated heterocycles. The molecule has 0 spiro atoms. The molecule has 10 heteroatoms. The van der Waals surface area contributed by atoms with Crippen molar-refractivity contribution in [2.45, 2.75) is 4.21 Å². The molecule has 0 aliphatic carbocycles. The van der Waals surface area contributed by atoms with Crippen LogP contribution in [0.2, 0.25) is 0 Å². The zero-order valence-corrected chi connectivity index (χ0v) is 13.9. The van der Waals surface area contributed by atoms with Gasteiger partial charge in [0.1, 0.15) is 9.72 Å². The number of thiophene rings is 1. The summed E-state index contributed by atoms with van der Waals surface area (Å²) < 4.78 is 27.2. The number of rotatable bonds is 5. The minimum atomic E-state index is -3.74. The molecule has 0 bridgehead atoms. The van der Waals surface area contributed by atoms with Gasteiger partial charge < -0.3 is 5.11 Å². The first-order chi connectivity index (χ1) is 11.1. The van der Waals surface area contributed by atoms with Gasteiger partial charge in [-0.05, 0) is 17.5 Å². The van der Waals surface area contributed by atoms with Gasteiger partial charge in [0.05, 0.1) is 5.69 Å². The molecule has 3 aromatic rings. The second-order valence-electron chi connectivity index (χ2n) is 4.22. The van der Waals surface area contributed by atoms with Gasteiger partial charge in [0, 0.05) is 11.5 Å². The average Bonchev–Trinajstić information content (AvgIpc) is 3.21. The number of nitrogens with zero attached hydrogens (tertiary/aromatic N) is 3. The normalized spacial score (nSPS) is 12.3. The van der Waals surface area contributed by atoms with E-state index in [4.69, 9.17) is 0 Å². The van der Waals surface area contributed by atoms with Gasteiger partial charge >= 0.3 is 0 Å². The number of hydrogen-bond acceptors (Lipinski definition) is 8. The van der Waals surface area contributed by atoms with Crippen molar-refractivity contribution in [2.75, 3.05) is 4.72 Å². The zero-order chi connectivity index (χ0) is 16.3. The summed E-state index contributed by atoms with van der Waals surface area (Å²) in [6, 6.07) is 9.40. The zero-order valence-electron chi connectivity index (χ0n) is 11.4. The Morgan fingerprint density at radius 2 is 2.00 bits per heavy atom. The maximum absolute atomic E-state index is 12.3. The van der Waals surface area contributed by atoms with Gasteiger partial charge in [-0.25, -0.2) is 13.4 Å². The first kappa shape index (κ1) is 15.6. The van der Waals surface area contributed by atoms with Crippen LogP contribution in [-0.4, -0.2) is 24.5 Å². The fourth-order valence-corrected chi connectivity index (χ4v) is 4.22. The lowest BCUT2D eigenvalue weighted by Crippen LogP contribution is -2.22. The van der Waals surface area contributed by atoms with E-state index < -0.39 is 15.9 Å². The van der Waals surface area contributed by atoms with Crippen LogP contribution < -0.4 is 9.83 Å². The van der Waals surface area contributed by atoms with E-state index in [1.165, 1.54) is 23.7 Å². The van der Waals surface area contributed by atoms with Crippen molar-refractivity contribution in [1.29, 1.82) is 0 Å². The molecular weight excluding hydrogens is 356 g/mol. The molecule has 0 fully saturated rings. The monoisotopic (exact) mass is 365 g/mol. The molecule has 3 rings (SSSR count). The molecule has 23 heavy (non-hydrogen) atoms. The van der Waals surface area contributed by atoms with Crippen molar-refractivity contribution in [1.82, 2.24) is 10.2 Å². The number of anilines is 1. The highest BCUT2D eigenvalue weighted by Gasteiger charge is 2.16. The second-order valence-corrected chi connectivity index (χ2v) is 7.89. The number of para-hydroxylation sites is 1. The highest BCUT2D eigenvalue weighted by Crippen LogP contribution is 2.23. The highest BCUT2D eigenvalue weighted by atomic mass is 32.2. The number of benzene rings is 1. The van der Waals surface area contributed by atoms with Gasteiger partial charge in [0.25, 0.3) is 10.0 Å². The van der Waals surface area contributed by atoms with Crippen molar-refractivity contribution in [3.8, 4) is 0 Å². The van der Waals surface area contributed by atoms with E-state index >= 15 is 0 Å². The van der Waals surface area contributed by atoms with Gasteiger partial charge in [-0.15, -0.1) is 21.5 Å². The van der Waals surface area contributed by atoms with Crippen LogP contribution in [0.15, 0.2) is 56.5 Å². The number of aliphatic imine (C=N–C) groups is 1. The van der Waals surface area contributed by atoms with E-state index in [1.54, 1.807) is 23.6 Å². The molecule has 1 aromatic carbocycles. The summed E-state index contributed by atoms with van der Waals surface area (Å²) >= 11 is 2.21. The molecule has 2 heterocycles. The Labute approximate surface area is 140 Å². The maximum atomic E-state index is 12.3. The summed E-state index contributed by atoms with van der Waals surface area (Å²) in [5.74, 6) is -0.591. The van der Waals surface area contributed by atoms with Crippen LogP contribution in [-0.2, 0) is 10.0 Å². The average molecular weight is 365 g/mol. The van der Waals surface area contributed by atoms with Crippen molar-refractivity contribution in [2.24, 2.45) is 4.99 Å². The maximum Gasteiger partial charge on any atom is 0.271 e. The van der Waals surface area contributed by atoms with Crippen LogP contribution >= 0.6 is 22.7 Å². The SMILES string of the molecule is O=S(=O)(Nc1ccccc1C([O-])=Nc1nncs1)c1cccs1. The van der Waals surface area contributed by atoms with Crippen LogP contribution in [0, 0.1) is 0 Å². The highest BCUT2D eigenvalue weighted by molar-refractivity contribution is 7.94.